The molecule has 0 spiro atoms. The molecule has 4 aromatic rings. The molecule has 9 nitrogen and oxygen atoms in total. The summed E-state index contributed by atoms with van der Waals surface area (Å²) in [5, 5.41) is 19.4. The van der Waals surface area contributed by atoms with Gasteiger partial charge in [0.1, 0.15) is 33.6 Å². The molecule has 0 saturated heterocycles. The third-order valence-electron chi connectivity index (χ3n) is 5.41. The quantitative estimate of drug-likeness (QED) is 0.291. The van der Waals surface area contributed by atoms with E-state index >= 15 is 0 Å². The highest BCUT2D eigenvalue weighted by atomic mass is 79.9. The third-order valence-corrected chi connectivity index (χ3v) is 7.65. The number of amides is 2. The Kier molecular flexibility index (Phi) is 6.38. The molecule has 2 heterocycles. The van der Waals surface area contributed by atoms with Gasteiger partial charge in [-0.2, -0.15) is 10.4 Å². The zero-order valence-electron chi connectivity index (χ0n) is 18.4. The number of anilines is 2. The van der Waals surface area contributed by atoms with Crippen LogP contribution in [0.1, 0.15) is 28.8 Å². The van der Waals surface area contributed by atoms with Gasteiger partial charge in [0.25, 0.3) is 5.91 Å². The van der Waals surface area contributed by atoms with Crippen LogP contribution in [-0.2, 0) is 11.8 Å². The standard InChI is InChI=1S/C23H15BrClFN6O3S/c1-32-20(24)12(9-28-32)22(34)29-16-7-18(13(25)6-14(16)26)35-17-5-4-15-19(11(17)8-27)36-23(30-15)31-21(33)10-2-3-10/h4-7,9-10H,2-3H2,1H3,(H,29,34)(H,30,31,33). The van der Waals surface area contributed by atoms with Crippen LogP contribution in [0.25, 0.3) is 10.2 Å². The van der Waals surface area contributed by atoms with Crippen LogP contribution in [0.3, 0.4) is 0 Å². The average molecular weight is 590 g/mol. The number of nitrogens with one attached hydrogen (secondary N) is 2. The molecule has 0 bridgehead atoms. The van der Waals surface area contributed by atoms with Crippen molar-refractivity contribution in [1.82, 2.24) is 14.8 Å². The summed E-state index contributed by atoms with van der Waals surface area (Å²) in [6, 6.07) is 7.53. The van der Waals surface area contributed by atoms with Gasteiger partial charge >= 0.3 is 0 Å². The number of hydrogen-bond donors (Lipinski definition) is 2. The Morgan fingerprint density at radius 2 is 2.08 bits per heavy atom. The number of hydrogen-bond acceptors (Lipinski definition) is 7. The number of aromatic nitrogens is 3. The SMILES string of the molecule is Cn1ncc(C(=O)Nc2cc(Oc3ccc4nc(NC(=O)C5CC5)sc4c3C#N)c(Cl)cc2F)c1Br. The van der Waals surface area contributed by atoms with E-state index in [1.54, 1.807) is 13.1 Å². The summed E-state index contributed by atoms with van der Waals surface area (Å²) in [6.45, 7) is 0. The van der Waals surface area contributed by atoms with Gasteiger partial charge in [0.05, 0.1) is 32.7 Å². The van der Waals surface area contributed by atoms with Gasteiger partial charge in [-0.3, -0.25) is 14.3 Å². The summed E-state index contributed by atoms with van der Waals surface area (Å²) < 4.78 is 22.9. The Morgan fingerprint density at radius 1 is 1.31 bits per heavy atom. The summed E-state index contributed by atoms with van der Waals surface area (Å²) >= 11 is 10.6. The lowest BCUT2D eigenvalue weighted by atomic mass is 10.2. The maximum Gasteiger partial charge on any atom is 0.260 e. The van der Waals surface area contributed by atoms with E-state index in [0.29, 0.717) is 20.0 Å². The van der Waals surface area contributed by atoms with Crippen molar-refractivity contribution in [1.29, 1.82) is 5.26 Å². The first-order valence-corrected chi connectivity index (χ1v) is 12.5. The van der Waals surface area contributed by atoms with Crippen molar-refractivity contribution in [2.45, 2.75) is 12.8 Å². The Hall–Kier alpha value is -3.53. The number of carbonyl (C=O) groups is 2. The number of halogens is 3. The van der Waals surface area contributed by atoms with Gasteiger partial charge in [-0.05, 0) is 47.0 Å². The zero-order chi connectivity index (χ0) is 25.6. The van der Waals surface area contributed by atoms with Gasteiger partial charge in [0, 0.05) is 19.0 Å². The molecule has 1 aliphatic rings. The first-order chi connectivity index (χ1) is 17.2. The molecular weight excluding hydrogens is 575 g/mol. The smallest absolute Gasteiger partial charge is 0.260 e. The molecule has 0 atom stereocenters. The highest BCUT2D eigenvalue weighted by molar-refractivity contribution is 9.10. The molecule has 13 heteroatoms. The molecule has 182 valence electrons. The maximum atomic E-state index is 14.6. The minimum atomic E-state index is -0.768. The number of aryl methyl sites for hydroxylation is 1. The number of rotatable bonds is 6. The average Bonchev–Trinajstić information content (AvgIpc) is 3.54. The van der Waals surface area contributed by atoms with Crippen molar-refractivity contribution in [3.05, 3.63) is 57.0 Å². The van der Waals surface area contributed by atoms with E-state index in [4.69, 9.17) is 16.3 Å². The number of thiazole rings is 1. The van der Waals surface area contributed by atoms with Crippen molar-refractivity contribution >= 4 is 71.7 Å². The molecule has 2 aromatic heterocycles. The number of benzene rings is 2. The van der Waals surface area contributed by atoms with Crippen LogP contribution in [0.2, 0.25) is 5.02 Å². The summed E-state index contributed by atoms with van der Waals surface area (Å²) in [7, 11) is 1.65. The van der Waals surface area contributed by atoms with Gasteiger partial charge in [0.15, 0.2) is 5.13 Å². The highest BCUT2D eigenvalue weighted by Gasteiger charge is 2.30. The molecule has 0 unspecified atom stereocenters. The Labute approximate surface area is 221 Å². The summed E-state index contributed by atoms with van der Waals surface area (Å²) in [5.74, 6) is -1.24. The topological polar surface area (TPSA) is 122 Å². The van der Waals surface area contributed by atoms with E-state index in [-0.39, 0.29) is 45.2 Å². The van der Waals surface area contributed by atoms with Gasteiger partial charge in [0.2, 0.25) is 5.91 Å². The number of nitrogens with zero attached hydrogens (tertiary/aromatic N) is 4. The first kappa shape index (κ1) is 24.2. The van der Waals surface area contributed by atoms with E-state index in [2.05, 4.69) is 42.7 Å². The fourth-order valence-electron chi connectivity index (χ4n) is 3.36. The van der Waals surface area contributed by atoms with Gasteiger partial charge in [-0.15, -0.1) is 0 Å². The van der Waals surface area contributed by atoms with E-state index in [1.807, 2.05) is 0 Å². The largest absolute Gasteiger partial charge is 0.454 e. The minimum Gasteiger partial charge on any atom is -0.454 e. The lowest BCUT2D eigenvalue weighted by molar-refractivity contribution is -0.117. The fraction of sp³-hybridized carbons (Fsp3) is 0.174. The van der Waals surface area contributed by atoms with Crippen LogP contribution in [0.5, 0.6) is 11.5 Å². The van der Waals surface area contributed by atoms with E-state index in [1.165, 1.54) is 23.0 Å². The van der Waals surface area contributed by atoms with E-state index in [0.717, 1.165) is 30.2 Å². The predicted molar refractivity (Wildman–Crippen MR) is 136 cm³/mol. The molecule has 0 aliphatic heterocycles. The van der Waals surface area contributed by atoms with E-state index in [9.17, 15) is 19.2 Å². The summed E-state index contributed by atoms with van der Waals surface area (Å²) in [4.78, 5) is 29.1. The second kappa shape index (κ2) is 9.50. The Morgan fingerprint density at radius 3 is 2.75 bits per heavy atom. The first-order valence-electron chi connectivity index (χ1n) is 10.6. The molecule has 1 fully saturated rings. The molecule has 2 amide bonds. The van der Waals surface area contributed by atoms with Gasteiger partial charge in [-0.25, -0.2) is 9.37 Å². The van der Waals surface area contributed by atoms with E-state index < -0.39 is 11.7 Å². The molecule has 0 radical (unpaired) electrons. The molecule has 2 aromatic carbocycles. The van der Waals surface area contributed by atoms with Crippen molar-refractivity contribution < 1.29 is 18.7 Å². The second-order valence-electron chi connectivity index (χ2n) is 7.97. The molecule has 1 aliphatic carbocycles. The lowest BCUT2D eigenvalue weighted by Gasteiger charge is -2.12. The predicted octanol–water partition coefficient (Wildman–Crippen LogP) is 5.85. The number of ether oxygens (including phenoxy) is 1. The number of nitriles is 1. The zero-order valence-corrected chi connectivity index (χ0v) is 21.6. The molecular formula is C23H15BrClFN6O3S. The Balaban J connectivity index is 1.44. The number of carbonyl (C=O) groups excluding carboxylic acids is 2. The summed E-state index contributed by atoms with van der Waals surface area (Å²) in [6.07, 6.45) is 3.06. The molecule has 2 N–H and O–H groups in total. The van der Waals surface area contributed by atoms with Crippen molar-refractivity contribution in [2.24, 2.45) is 13.0 Å². The highest BCUT2D eigenvalue weighted by Crippen LogP contribution is 2.40. The van der Waals surface area contributed by atoms with Crippen LogP contribution in [0.4, 0.5) is 15.2 Å². The van der Waals surface area contributed by atoms with Gasteiger partial charge in [-0.1, -0.05) is 22.9 Å². The van der Waals surface area contributed by atoms with Crippen molar-refractivity contribution in [3.8, 4) is 17.6 Å². The molecule has 5 rings (SSSR count). The van der Waals surface area contributed by atoms with Crippen LogP contribution in [0.15, 0.2) is 35.1 Å². The van der Waals surface area contributed by atoms with Crippen molar-refractivity contribution in [3.63, 3.8) is 0 Å². The Bertz CT molecular complexity index is 1590. The lowest BCUT2D eigenvalue weighted by Crippen LogP contribution is -2.13. The molecule has 1 saturated carbocycles. The number of fused-ring (bicyclic) bond motifs is 1. The van der Waals surface area contributed by atoms with Crippen LogP contribution in [-0.4, -0.2) is 26.6 Å². The van der Waals surface area contributed by atoms with Gasteiger partial charge < -0.3 is 15.4 Å². The molecule has 36 heavy (non-hydrogen) atoms. The fourth-order valence-corrected chi connectivity index (χ4v) is 4.88. The monoisotopic (exact) mass is 588 g/mol. The minimum absolute atomic E-state index is 0.0147. The van der Waals surface area contributed by atoms with Crippen LogP contribution < -0.4 is 15.4 Å². The third kappa shape index (κ3) is 4.65. The normalized spacial score (nSPS) is 12.9. The second-order valence-corrected chi connectivity index (χ2v) is 10.1. The van der Waals surface area contributed by atoms with Crippen LogP contribution >= 0.6 is 38.9 Å². The van der Waals surface area contributed by atoms with Crippen molar-refractivity contribution in [2.75, 3.05) is 10.6 Å². The van der Waals surface area contributed by atoms with Crippen LogP contribution in [0, 0.1) is 23.1 Å². The summed E-state index contributed by atoms with van der Waals surface area (Å²) in [5.41, 5.74) is 0.747. The maximum absolute atomic E-state index is 14.6.